The predicted octanol–water partition coefficient (Wildman–Crippen LogP) is 3.47. The van der Waals surface area contributed by atoms with Gasteiger partial charge in [0, 0.05) is 18.1 Å². The molecule has 0 fully saturated rings. The van der Waals surface area contributed by atoms with Gasteiger partial charge >= 0.3 is 0 Å². The molecule has 3 heterocycles. The van der Waals surface area contributed by atoms with Crippen molar-refractivity contribution in [2.24, 2.45) is 0 Å². The summed E-state index contributed by atoms with van der Waals surface area (Å²) in [7, 11) is 0. The lowest BCUT2D eigenvalue weighted by Crippen LogP contribution is -2.05. The first-order valence-electron chi connectivity index (χ1n) is 7.52. The fourth-order valence-corrected chi connectivity index (χ4v) is 2.38. The zero-order chi connectivity index (χ0) is 16.2. The molecule has 1 aromatic carbocycles. The summed E-state index contributed by atoms with van der Waals surface area (Å²) in [5.41, 5.74) is 1.66. The summed E-state index contributed by atoms with van der Waals surface area (Å²) in [5.74, 6) is 1.94. The molecule has 0 aliphatic carbocycles. The monoisotopic (exact) mass is 314 g/mol. The molecule has 0 aliphatic heterocycles. The summed E-state index contributed by atoms with van der Waals surface area (Å²) in [5, 5.41) is 11.9. The summed E-state index contributed by atoms with van der Waals surface area (Å²) in [6.07, 6.45) is 3.47. The van der Waals surface area contributed by atoms with Crippen LogP contribution in [0.2, 0.25) is 0 Å². The molecule has 6 nitrogen and oxygen atoms in total. The molecule has 0 amide bonds. The molecule has 0 saturated heterocycles. The number of hydrogen-bond donors (Lipinski definition) is 1. The standard InChI is InChI=1S/C18H14N6/c1-2-8-14(9-3-1)21-18-23-22-17(15-10-4-6-12-19-15)24(18)16-11-5-7-13-20-16/h1-13H,(H,21,23). The Bertz CT molecular complexity index is 920. The highest BCUT2D eigenvalue weighted by Gasteiger charge is 2.17. The predicted molar refractivity (Wildman–Crippen MR) is 92.1 cm³/mol. The largest absolute Gasteiger partial charge is 0.324 e. The minimum atomic E-state index is 0.584. The van der Waals surface area contributed by atoms with Gasteiger partial charge < -0.3 is 5.32 Å². The van der Waals surface area contributed by atoms with Crippen LogP contribution in [-0.4, -0.2) is 24.7 Å². The van der Waals surface area contributed by atoms with E-state index in [-0.39, 0.29) is 0 Å². The van der Waals surface area contributed by atoms with Crippen molar-refractivity contribution in [3.63, 3.8) is 0 Å². The molecule has 0 atom stereocenters. The zero-order valence-electron chi connectivity index (χ0n) is 12.7. The molecule has 0 unspecified atom stereocenters. The molecule has 0 spiro atoms. The molecular formula is C18H14N6. The van der Waals surface area contributed by atoms with Crippen LogP contribution >= 0.6 is 0 Å². The van der Waals surface area contributed by atoms with Crippen molar-refractivity contribution in [3.8, 4) is 17.3 Å². The maximum absolute atomic E-state index is 4.42. The van der Waals surface area contributed by atoms with Gasteiger partial charge in [0.2, 0.25) is 5.95 Å². The molecule has 3 aromatic heterocycles. The minimum Gasteiger partial charge on any atom is -0.324 e. The van der Waals surface area contributed by atoms with Gasteiger partial charge in [-0.2, -0.15) is 0 Å². The molecule has 0 aliphatic rings. The van der Waals surface area contributed by atoms with Crippen LogP contribution in [0.15, 0.2) is 79.1 Å². The first-order valence-corrected chi connectivity index (χ1v) is 7.52. The molecule has 6 heteroatoms. The summed E-state index contributed by atoms with van der Waals surface area (Å²) < 4.78 is 1.86. The summed E-state index contributed by atoms with van der Waals surface area (Å²) in [6, 6.07) is 21.2. The second-order valence-corrected chi connectivity index (χ2v) is 5.08. The van der Waals surface area contributed by atoms with Crippen LogP contribution in [0.1, 0.15) is 0 Å². The second kappa shape index (κ2) is 6.29. The summed E-state index contributed by atoms with van der Waals surface area (Å²) in [4.78, 5) is 8.80. The van der Waals surface area contributed by atoms with E-state index < -0.39 is 0 Å². The van der Waals surface area contributed by atoms with E-state index in [1.807, 2.05) is 71.3 Å². The van der Waals surface area contributed by atoms with Crippen LogP contribution in [0, 0.1) is 0 Å². The SMILES string of the molecule is c1ccc(Nc2nnc(-c3ccccn3)n2-c2ccccn2)cc1. The number of anilines is 2. The highest BCUT2D eigenvalue weighted by atomic mass is 15.4. The van der Waals surface area contributed by atoms with Crippen molar-refractivity contribution in [2.45, 2.75) is 0 Å². The zero-order valence-corrected chi connectivity index (χ0v) is 12.7. The number of rotatable bonds is 4. The Morgan fingerprint density at radius 3 is 2.17 bits per heavy atom. The molecule has 0 radical (unpaired) electrons. The molecule has 116 valence electrons. The van der Waals surface area contributed by atoms with E-state index in [4.69, 9.17) is 0 Å². The van der Waals surface area contributed by atoms with E-state index in [0.717, 1.165) is 17.2 Å². The maximum atomic E-state index is 4.42. The van der Waals surface area contributed by atoms with Crippen LogP contribution in [0.4, 0.5) is 11.6 Å². The molecule has 24 heavy (non-hydrogen) atoms. The summed E-state index contributed by atoms with van der Waals surface area (Å²) >= 11 is 0. The fourth-order valence-electron chi connectivity index (χ4n) is 2.38. The van der Waals surface area contributed by atoms with Gasteiger partial charge in [0.05, 0.1) is 0 Å². The Kier molecular flexibility index (Phi) is 3.69. The van der Waals surface area contributed by atoms with E-state index in [9.17, 15) is 0 Å². The Balaban J connectivity index is 1.84. The van der Waals surface area contributed by atoms with E-state index >= 15 is 0 Å². The van der Waals surface area contributed by atoms with Crippen molar-refractivity contribution in [1.29, 1.82) is 0 Å². The van der Waals surface area contributed by atoms with Gasteiger partial charge in [0.1, 0.15) is 11.5 Å². The average molecular weight is 314 g/mol. The second-order valence-electron chi connectivity index (χ2n) is 5.08. The van der Waals surface area contributed by atoms with Gasteiger partial charge in [-0.25, -0.2) is 9.55 Å². The number of hydrogen-bond acceptors (Lipinski definition) is 5. The highest BCUT2D eigenvalue weighted by molar-refractivity contribution is 5.61. The number of benzene rings is 1. The third kappa shape index (κ3) is 2.72. The number of pyridine rings is 2. The van der Waals surface area contributed by atoms with Gasteiger partial charge in [0.25, 0.3) is 0 Å². The van der Waals surface area contributed by atoms with Gasteiger partial charge in [-0.05, 0) is 36.4 Å². The van der Waals surface area contributed by atoms with Crippen molar-refractivity contribution in [1.82, 2.24) is 24.7 Å². The average Bonchev–Trinajstić information content (AvgIpc) is 3.07. The summed E-state index contributed by atoms with van der Waals surface area (Å²) in [6.45, 7) is 0. The Hall–Kier alpha value is -3.54. The van der Waals surface area contributed by atoms with E-state index in [0.29, 0.717) is 11.8 Å². The number of para-hydroxylation sites is 1. The van der Waals surface area contributed by atoms with E-state index in [1.165, 1.54) is 0 Å². The lowest BCUT2D eigenvalue weighted by molar-refractivity contribution is 0.997. The molecule has 4 rings (SSSR count). The smallest absolute Gasteiger partial charge is 0.235 e. The first-order chi connectivity index (χ1) is 11.9. The van der Waals surface area contributed by atoms with E-state index in [1.54, 1.807) is 12.4 Å². The number of nitrogens with one attached hydrogen (secondary N) is 1. The van der Waals surface area contributed by atoms with Crippen molar-refractivity contribution in [3.05, 3.63) is 79.1 Å². The first kappa shape index (κ1) is 14.1. The number of nitrogens with zero attached hydrogens (tertiary/aromatic N) is 5. The molecule has 4 aromatic rings. The fraction of sp³-hybridized carbons (Fsp3) is 0. The Morgan fingerprint density at radius 1 is 0.708 bits per heavy atom. The topological polar surface area (TPSA) is 68.5 Å². The maximum Gasteiger partial charge on any atom is 0.235 e. The van der Waals surface area contributed by atoms with Crippen molar-refractivity contribution < 1.29 is 0 Å². The van der Waals surface area contributed by atoms with Crippen LogP contribution in [-0.2, 0) is 0 Å². The van der Waals surface area contributed by atoms with Crippen molar-refractivity contribution >= 4 is 11.6 Å². The van der Waals surface area contributed by atoms with Crippen LogP contribution in [0.3, 0.4) is 0 Å². The van der Waals surface area contributed by atoms with Gasteiger partial charge in [0.15, 0.2) is 5.82 Å². The van der Waals surface area contributed by atoms with Crippen LogP contribution in [0.5, 0.6) is 0 Å². The highest BCUT2D eigenvalue weighted by Crippen LogP contribution is 2.24. The third-order valence-electron chi connectivity index (χ3n) is 3.47. The quantitative estimate of drug-likeness (QED) is 0.624. The number of aromatic nitrogens is 5. The lowest BCUT2D eigenvalue weighted by atomic mass is 10.3. The lowest BCUT2D eigenvalue weighted by Gasteiger charge is -2.10. The Labute approximate surface area is 138 Å². The van der Waals surface area contributed by atoms with Crippen molar-refractivity contribution in [2.75, 3.05) is 5.32 Å². The third-order valence-corrected chi connectivity index (χ3v) is 3.47. The minimum absolute atomic E-state index is 0.584. The molecule has 1 N–H and O–H groups in total. The van der Waals surface area contributed by atoms with E-state index in [2.05, 4.69) is 25.5 Å². The van der Waals surface area contributed by atoms with Crippen LogP contribution in [0.25, 0.3) is 17.3 Å². The Morgan fingerprint density at radius 2 is 1.46 bits per heavy atom. The van der Waals surface area contributed by atoms with Crippen LogP contribution < -0.4 is 5.32 Å². The molecule has 0 bridgehead atoms. The van der Waals surface area contributed by atoms with Gasteiger partial charge in [-0.3, -0.25) is 4.98 Å². The van der Waals surface area contributed by atoms with Gasteiger partial charge in [-0.15, -0.1) is 10.2 Å². The normalized spacial score (nSPS) is 10.5. The molecular weight excluding hydrogens is 300 g/mol. The van der Waals surface area contributed by atoms with Gasteiger partial charge in [-0.1, -0.05) is 30.3 Å². The molecule has 0 saturated carbocycles.